The molecule has 1 saturated heterocycles. The molecular weight excluding hydrogens is 420 g/mol. The average Bonchev–Trinajstić information content (AvgIpc) is 3.21. The molecule has 0 unspecified atom stereocenters. The van der Waals surface area contributed by atoms with E-state index in [4.69, 9.17) is 4.42 Å². The van der Waals surface area contributed by atoms with Gasteiger partial charge in [-0.2, -0.15) is 0 Å². The number of fused-ring (bicyclic) bond motifs is 2. The van der Waals surface area contributed by atoms with Gasteiger partial charge in [0, 0.05) is 18.6 Å². The van der Waals surface area contributed by atoms with E-state index in [1.54, 1.807) is 6.07 Å². The third-order valence-corrected chi connectivity index (χ3v) is 7.90. The number of hydrogen-bond donors (Lipinski definition) is 1. The van der Waals surface area contributed by atoms with E-state index in [2.05, 4.69) is 23.7 Å². The van der Waals surface area contributed by atoms with E-state index in [9.17, 15) is 9.90 Å². The fraction of sp³-hybridized carbons (Fsp3) is 0.385. The van der Waals surface area contributed by atoms with Gasteiger partial charge in [-0.05, 0) is 56.9 Å². The molecule has 0 amide bonds. The first-order chi connectivity index (χ1) is 15.5. The molecule has 2 aromatic carbocycles. The average molecular weight is 449 g/mol. The van der Waals surface area contributed by atoms with Crippen molar-refractivity contribution in [2.45, 2.75) is 65.1 Å². The van der Waals surface area contributed by atoms with Crippen molar-refractivity contribution in [1.82, 2.24) is 9.88 Å². The van der Waals surface area contributed by atoms with Crippen molar-refractivity contribution in [3.05, 3.63) is 57.9 Å². The van der Waals surface area contributed by atoms with E-state index in [1.165, 1.54) is 24.0 Å². The SMILES string of the molecule is CCc1cc2c(=O)c(-c3nc4ccccc4s3)coc2c(CN2[C@@H](C)CCC[C@@H]2C)c1O. The van der Waals surface area contributed by atoms with Crippen molar-refractivity contribution in [2.24, 2.45) is 0 Å². The van der Waals surface area contributed by atoms with Crippen molar-refractivity contribution < 1.29 is 9.52 Å². The molecule has 0 saturated carbocycles. The van der Waals surface area contributed by atoms with E-state index in [-0.39, 0.29) is 11.2 Å². The van der Waals surface area contributed by atoms with Crippen LogP contribution in [0, 0.1) is 0 Å². The van der Waals surface area contributed by atoms with Crippen molar-refractivity contribution in [3.63, 3.8) is 0 Å². The zero-order valence-electron chi connectivity index (χ0n) is 18.7. The van der Waals surface area contributed by atoms with Gasteiger partial charge in [0.25, 0.3) is 0 Å². The monoisotopic (exact) mass is 448 g/mol. The fourth-order valence-electron chi connectivity index (χ4n) is 4.91. The number of rotatable bonds is 4. The Bertz CT molecular complexity index is 1310. The second-order valence-electron chi connectivity index (χ2n) is 8.86. The summed E-state index contributed by atoms with van der Waals surface area (Å²) in [6, 6.07) is 10.5. The second kappa shape index (κ2) is 8.34. The Labute approximate surface area is 191 Å². The highest BCUT2D eigenvalue weighted by Gasteiger charge is 2.28. The molecule has 5 rings (SSSR count). The van der Waals surface area contributed by atoms with E-state index >= 15 is 0 Å². The van der Waals surface area contributed by atoms with Gasteiger partial charge >= 0.3 is 0 Å². The molecule has 2 aromatic heterocycles. The normalized spacial score (nSPS) is 19.7. The Morgan fingerprint density at radius 1 is 1.22 bits per heavy atom. The maximum Gasteiger partial charge on any atom is 0.202 e. The minimum atomic E-state index is -0.0963. The molecule has 5 nitrogen and oxygen atoms in total. The predicted octanol–water partition coefficient (Wildman–Crippen LogP) is 6.10. The molecule has 1 aliphatic heterocycles. The molecule has 166 valence electrons. The van der Waals surface area contributed by atoms with E-state index in [0.717, 1.165) is 28.6 Å². The summed E-state index contributed by atoms with van der Waals surface area (Å²) in [6.45, 7) is 7.04. The quantitative estimate of drug-likeness (QED) is 0.409. The minimum absolute atomic E-state index is 0.0963. The summed E-state index contributed by atoms with van der Waals surface area (Å²) in [4.78, 5) is 20.6. The lowest BCUT2D eigenvalue weighted by atomic mass is 9.95. The number of phenolic OH excluding ortho intramolecular Hbond substituents is 1. The van der Waals surface area contributed by atoms with Crippen LogP contribution in [0.4, 0.5) is 0 Å². The van der Waals surface area contributed by atoms with Crippen LogP contribution in [-0.2, 0) is 13.0 Å². The molecule has 4 aromatic rings. The van der Waals surface area contributed by atoms with E-state index in [1.807, 2.05) is 31.2 Å². The van der Waals surface area contributed by atoms with Crippen LogP contribution in [0.25, 0.3) is 31.8 Å². The summed E-state index contributed by atoms with van der Waals surface area (Å²) in [5, 5.41) is 12.2. The first kappa shape index (κ1) is 21.2. The van der Waals surface area contributed by atoms with Crippen LogP contribution >= 0.6 is 11.3 Å². The number of para-hydroxylation sites is 1. The van der Waals surface area contributed by atoms with E-state index < -0.39 is 0 Å². The predicted molar refractivity (Wildman–Crippen MR) is 130 cm³/mol. The number of phenols is 1. The highest BCUT2D eigenvalue weighted by molar-refractivity contribution is 7.21. The molecule has 32 heavy (non-hydrogen) atoms. The Morgan fingerprint density at radius 2 is 1.97 bits per heavy atom. The Balaban J connectivity index is 1.67. The van der Waals surface area contributed by atoms with Crippen LogP contribution in [0.2, 0.25) is 0 Å². The maximum absolute atomic E-state index is 13.6. The van der Waals surface area contributed by atoms with Gasteiger partial charge in [-0.3, -0.25) is 9.69 Å². The molecular formula is C26H28N2O3S. The largest absolute Gasteiger partial charge is 0.507 e. The number of benzene rings is 2. The number of hydrogen-bond acceptors (Lipinski definition) is 6. The van der Waals surface area contributed by atoms with Gasteiger partial charge in [-0.25, -0.2) is 4.98 Å². The zero-order valence-corrected chi connectivity index (χ0v) is 19.5. The number of aromatic hydroxyl groups is 1. The summed E-state index contributed by atoms with van der Waals surface area (Å²) in [5.41, 5.74) is 3.23. The molecule has 0 spiro atoms. The van der Waals surface area contributed by atoms with Crippen LogP contribution < -0.4 is 5.43 Å². The lowest BCUT2D eigenvalue weighted by Crippen LogP contribution is -2.43. The summed E-state index contributed by atoms with van der Waals surface area (Å²) in [5.74, 6) is 0.251. The highest BCUT2D eigenvalue weighted by Crippen LogP contribution is 2.36. The smallest absolute Gasteiger partial charge is 0.202 e. The first-order valence-electron chi connectivity index (χ1n) is 11.4. The standard InChI is InChI=1S/C26H28N2O3S/c1-4-17-12-18-24(30)20(26-27-21-10-5-6-11-22(21)32-26)14-31-25(18)19(23(17)29)13-28-15(2)8-7-9-16(28)3/h5-6,10-12,14-16,29H,4,7-9,13H2,1-3H3/t15-,16-/m0/s1. The third kappa shape index (κ3) is 3.51. The van der Waals surface area contributed by atoms with Gasteiger partial charge in [0.15, 0.2) is 0 Å². The maximum atomic E-state index is 13.6. The van der Waals surface area contributed by atoms with Gasteiger partial charge in [0.2, 0.25) is 5.43 Å². The first-order valence-corrected chi connectivity index (χ1v) is 12.2. The Morgan fingerprint density at radius 3 is 2.69 bits per heavy atom. The lowest BCUT2D eigenvalue weighted by Gasteiger charge is -2.39. The molecule has 0 aliphatic carbocycles. The number of aryl methyl sites for hydroxylation is 1. The van der Waals surface area contributed by atoms with Gasteiger partial charge in [-0.15, -0.1) is 11.3 Å². The zero-order chi connectivity index (χ0) is 22.4. The van der Waals surface area contributed by atoms with Crippen LogP contribution in [0.3, 0.4) is 0 Å². The molecule has 1 aliphatic rings. The summed E-state index contributed by atoms with van der Waals surface area (Å²) in [7, 11) is 0. The number of aromatic nitrogens is 1. The molecule has 1 N–H and O–H groups in total. The Hall–Kier alpha value is -2.70. The van der Waals surface area contributed by atoms with Gasteiger partial charge in [-0.1, -0.05) is 25.5 Å². The summed E-state index contributed by atoms with van der Waals surface area (Å²) in [6.07, 6.45) is 5.66. The van der Waals surface area contributed by atoms with Crippen molar-refractivity contribution in [1.29, 1.82) is 0 Å². The second-order valence-corrected chi connectivity index (χ2v) is 9.89. The van der Waals surface area contributed by atoms with Crippen molar-refractivity contribution >= 4 is 32.5 Å². The fourth-order valence-corrected chi connectivity index (χ4v) is 5.88. The Kier molecular flexibility index (Phi) is 5.51. The summed E-state index contributed by atoms with van der Waals surface area (Å²) < 4.78 is 7.12. The van der Waals surface area contributed by atoms with Crippen LogP contribution in [0.1, 0.15) is 51.2 Å². The van der Waals surface area contributed by atoms with Gasteiger partial charge in [0.1, 0.15) is 22.6 Å². The van der Waals surface area contributed by atoms with Gasteiger partial charge < -0.3 is 9.52 Å². The number of piperidine rings is 1. The number of likely N-dealkylation sites (tertiary alicyclic amines) is 1. The highest BCUT2D eigenvalue weighted by atomic mass is 32.1. The van der Waals surface area contributed by atoms with E-state index in [0.29, 0.717) is 52.2 Å². The minimum Gasteiger partial charge on any atom is -0.507 e. The van der Waals surface area contributed by atoms with Crippen molar-refractivity contribution in [2.75, 3.05) is 0 Å². The molecule has 3 heterocycles. The van der Waals surface area contributed by atoms with Crippen LogP contribution in [-0.4, -0.2) is 27.1 Å². The topological polar surface area (TPSA) is 66.6 Å². The van der Waals surface area contributed by atoms with Crippen molar-refractivity contribution in [3.8, 4) is 16.3 Å². The van der Waals surface area contributed by atoms with Crippen LogP contribution in [0.15, 0.2) is 45.8 Å². The molecule has 6 heteroatoms. The summed E-state index contributed by atoms with van der Waals surface area (Å²) >= 11 is 1.49. The van der Waals surface area contributed by atoms with Gasteiger partial charge in [0.05, 0.1) is 26.7 Å². The third-order valence-electron chi connectivity index (χ3n) is 6.83. The molecule has 1 fully saturated rings. The lowest BCUT2D eigenvalue weighted by molar-refractivity contribution is 0.0945. The molecule has 0 bridgehead atoms. The molecule has 0 radical (unpaired) electrons. The number of nitrogens with zero attached hydrogens (tertiary/aromatic N) is 2. The molecule has 2 atom stereocenters. The van der Waals surface area contributed by atoms with Crippen LogP contribution in [0.5, 0.6) is 5.75 Å². The number of thiazole rings is 1.